The van der Waals surface area contributed by atoms with Crippen LogP contribution in [0.2, 0.25) is 0 Å². The van der Waals surface area contributed by atoms with Crippen LogP contribution >= 0.6 is 0 Å². The van der Waals surface area contributed by atoms with Crippen molar-refractivity contribution in [2.24, 2.45) is 0 Å². The molecule has 0 heterocycles. The molecule has 96 valence electrons. The van der Waals surface area contributed by atoms with Crippen LogP contribution in [0.1, 0.15) is 41.5 Å². The number of ether oxygens (including phenoxy) is 2. The van der Waals surface area contributed by atoms with Crippen molar-refractivity contribution in [3.63, 3.8) is 0 Å². The Labute approximate surface area is 98.7 Å². The molecule has 0 aromatic heterocycles. The first-order valence-electron chi connectivity index (χ1n) is 5.83. The van der Waals surface area contributed by atoms with E-state index >= 15 is 0 Å². The molecule has 1 unspecified atom stereocenters. The summed E-state index contributed by atoms with van der Waals surface area (Å²) < 4.78 is 10.6. The van der Waals surface area contributed by atoms with Gasteiger partial charge in [0.1, 0.15) is 6.04 Å². The number of nitrogens with one attached hydrogen (secondary N) is 1. The lowest BCUT2D eigenvalue weighted by Gasteiger charge is -2.25. The molecule has 0 rings (SSSR count). The third-order valence-electron chi connectivity index (χ3n) is 1.79. The molecule has 0 aliphatic carbocycles. The van der Waals surface area contributed by atoms with E-state index < -0.39 is 0 Å². The molecule has 0 fully saturated rings. The van der Waals surface area contributed by atoms with Gasteiger partial charge in [0, 0.05) is 6.04 Å². The van der Waals surface area contributed by atoms with Gasteiger partial charge in [0.05, 0.1) is 18.8 Å². The van der Waals surface area contributed by atoms with Gasteiger partial charge in [-0.2, -0.15) is 0 Å². The van der Waals surface area contributed by atoms with Gasteiger partial charge < -0.3 is 14.8 Å². The van der Waals surface area contributed by atoms with Crippen LogP contribution in [0, 0.1) is 0 Å². The zero-order valence-electron chi connectivity index (χ0n) is 11.3. The van der Waals surface area contributed by atoms with Crippen LogP contribution in [-0.4, -0.2) is 36.9 Å². The van der Waals surface area contributed by atoms with Gasteiger partial charge in [-0.25, -0.2) is 0 Å². The van der Waals surface area contributed by atoms with Crippen molar-refractivity contribution < 1.29 is 14.3 Å². The molecule has 0 saturated carbocycles. The van der Waals surface area contributed by atoms with E-state index in [1.54, 1.807) is 6.92 Å². The number of carbonyl (C=O) groups is 1. The Kier molecular flexibility index (Phi) is 6.60. The molecular formula is C12H25NO3. The van der Waals surface area contributed by atoms with E-state index in [2.05, 4.69) is 5.32 Å². The smallest absolute Gasteiger partial charge is 0.325 e. The Morgan fingerprint density at radius 1 is 1.31 bits per heavy atom. The van der Waals surface area contributed by atoms with Gasteiger partial charge >= 0.3 is 5.97 Å². The van der Waals surface area contributed by atoms with Gasteiger partial charge in [-0.3, -0.25) is 4.79 Å². The zero-order chi connectivity index (χ0) is 12.8. The van der Waals surface area contributed by atoms with Crippen LogP contribution in [-0.2, 0) is 14.3 Å². The highest BCUT2D eigenvalue weighted by atomic mass is 16.5. The van der Waals surface area contributed by atoms with Crippen molar-refractivity contribution in [3.05, 3.63) is 0 Å². The zero-order valence-corrected chi connectivity index (χ0v) is 11.3. The Morgan fingerprint density at radius 2 is 1.88 bits per heavy atom. The lowest BCUT2D eigenvalue weighted by atomic mass is 10.2. The van der Waals surface area contributed by atoms with Crippen LogP contribution in [0.5, 0.6) is 0 Å². The molecule has 0 bridgehead atoms. The number of rotatable bonds is 6. The molecule has 0 amide bonds. The van der Waals surface area contributed by atoms with Gasteiger partial charge in [0.15, 0.2) is 0 Å². The van der Waals surface area contributed by atoms with Crippen LogP contribution in [0.15, 0.2) is 0 Å². The standard InChI is InChI=1S/C12H25NO3/c1-7-15-11(14)10(13-9(2)3)8-16-12(4,5)6/h9-10,13H,7-8H2,1-6H3. The maximum atomic E-state index is 11.6. The summed E-state index contributed by atoms with van der Waals surface area (Å²) in [5.41, 5.74) is -0.247. The number of hydrogen-bond donors (Lipinski definition) is 1. The largest absolute Gasteiger partial charge is 0.465 e. The van der Waals surface area contributed by atoms with E-state index in [0.717, 1.165) is 0 Å². The topological polar surface area (TPSA) is 47.6 Å². The predicted octanol–water partition coefficient (Wildman–Crippen LogP) is 1.73. The first kappa shape index (κ1) is 15.4. The minimum absolute atomic E-state index is 0.220. The Morgan fingerprint density at radius 3 is 2.25 bits per heavy atom. The maximum absolute atomic E-state index is 11.6. The number of esters is 1. The van der Waals surface area contributed by atoms with Crippen LogP contribution < -0.4 is 5.32 Å². The summed E-state index contributed by atoms with van der Waals surface area (Å²) in [6.07, 6.45) is 0. The van der Waals surface area contributed by atoms with E-state index in [0.29, 0.717) is 13.2 Å². The van der Waals surface area contributed by atoms with Gasteiger partial charge in [-0.15, -0.1) is 0 Å². The molecular weight excluding hydrogens is 206 g/mol. The molecule has 0 radical (unpaired) electrons. The van der Waals surface area contributed by atoms with Gasteiger partial charge in [0.2, 0.25) is 0 Å². The fourth-order valence-electron chi connectivity index (χ4n) is 1.16. The highest BCUT2D eigenvalue weighted by Gasteiger charge is 2.23. The summed E-state index contributed by atoms with van der Waals surface area (Å²) in [5, 5.41) is 3.14. The van der Waals surface area contributed by atoms with Crippen LogP contribution in [0.3, 0.4) is 0 Å². The van der Waals surface area contributed by atoms with Gasteiger partial charge in [-0.05, 0) is 27.7 Å². The van der Waals surface area contributed by atoms with Crippen molar-refractivity contribution in [1.29, 1.82) is 0 Å². The second-order valence-electron chi connectivity index (χ2n) is 5.05. The quantitative estimate of drug-likeness (QED) is 0.707. The highest BCUT2D eigenvalue weighted by Crippen LogP contribution is 2.08. The molecule has 0 aromatic carbocycles. The maximum Gasteiger partial charge on any atom is 0.325 e. The van der Waals surface area contributed by atoms with Gasteiger partial charge in [-0.1, -0.05) is 13.8 Å². The first-order valence-corrected chi connectivity index (χ1v) is 5.83. The molecule has 1 atom stereocenters. The molecule has 16 heavy (non-hydrogen) atoms. The molecule has 1 N–H and O–H groups in total. The molecule has 4 nitrogen and oxygen atoms in total. The molecule has 0 aliphatic rings. The van der Waals surface area contributed by atoms with Crippen LogP contribution in [0.25, 0.3) is 0 Å². The second kappa shape index (κ2) is 6.86. The fourth-order valence-corrected chi connectivity index (χ4v) is 1.16. The van der Waals surface area contributed by atoms with Crippen molar-refractivity contribution >= 4 is 5.97 Å². The van der Waals surface area contributed by atoms with E-state index in [1.165, 1.54) is 0 Å². The fraction of sp³-hybridized carbons (Fsp3) is 0.917. The van der Waals surface area contributed by atoms with E-state index in [-0.39, 0.29) is 23.7 Å². The second-order valence-corrected chi connectivity index (χ2v) is 5.05. The molecule has 0 aliphatic heterocycles. The lowest BCUT2D eigenvalue weighted by Crippen LogP contribution is -2.46. The van der Waals surface area contributed by atoms with Gasteiger partial charge in [0.25, 0.3) is 0 Å². The molecule has 0 saturated heterocycles. The van der Waals surface area contributed by atoms with Crippen molar-refractivity contribution in [3.8, 4) is 0 Å². The van der Waals surface area contributed by atoms with Crippen LogP contribution in [0.4, 0.5) is 0 Å². The summed E-state index contributed by atoms with van der Waals surface area (Å²) in [4.78, 5) is 11.6. The summed E-state index contributed by atoms with van der Waals surface area (Å²) >= 11 is 0. The lowest BCUT2D eigenvalue weighted by molar-refractivity contribution is -0.149. The number of carbonyl (C=O) groups excluding carboxylic acids is 1. The third kappa shape index (κ3) is 7.65. The predicted molar refractivity (Wildman–Crippen MR) is 64.4 cm³/mol. The minimum Gasteiger partial charge on any atom is -0.465 e. The normalized spacial score (nSPS) is 13.9. The third-order valence-corrected chi connectivity index (χ3v) is 1.79. The average Bonchev–Trinajstić information content (AvgIpc) is 2.10. The Hall–Kier alpha value is -0.610. The van der Waals surface area contributed by atoms with E-state index in [4.69, 9.17) is 9.47 Å². The molecule has 0 spiro atoms. The van der Waals surface area contributed by atoms with Crippen molar-refractivity contribution in [2.45, 2.75) is 59.2 Å². The SMILES string of the molecule is CCOC(=O)C(COC(C)(C)C)NC(C)C. The monoisotopic (exact) mass is 231 g/mol. The highest BCUT2D eigenvalue weighted by molar-refractivity contribution is 5.76. The van der Waals surface area contributed by atoms with Crippen molar-refractivity contribution in [1.82, 2.24) is 5.32 Å². The molecule has 0 aromatic rings. The Balaban J connectivity index is 4.26. The number of hydrogen-bond acceptors (Lipinski definition) is 4. The van der Waals surface area contributed by atoms with E-state index in [1.807, 2.05) is 34.6 Å². The van der Waals surface area contributed by atoms with Crippen molar-refractivity contribution in [2.75, 3.05) is 13.2 Å². The van der Waals surface area contributed by atoms with E-state index in [9.17, 15) is 4.79 Å². The minimum atomic E-state index is -0.390. The summed E-state index contributed by atoms with van der Waals surface area (Å²) in [6.45, 7) is 12.4. The summed E-state index contributed by atoms with van der Waals surface area (Å²) in [5.74, 6) is -0.250. The first-order chi connectivity index (χ1) is 7.26. The summed E-state index contributed by atoms with van der Waals surface area (Å²) in [7, 11) is 0. The molecule has 4 heteroatoms. The summed E-state index contributed by atoms with van der Waals surface area (Å²) in [6, 6.07) is -0.169. The average molecular weight is 231 g/mol. The Bertz CT molecular complexity index is 209.